The number of nitrogens with one attached hydrogen (secondary N) is 1. The lowest BCUT2D eigenvalue weighted by atomic mass is 10.1. The van der Waals surface area contributed by atoms with Gasteiger partial charge in [0.15, 0.2) is 5.17 Å². The molecule has 6 nitrogen and oxygen atoms in total. The van der Waals surface area contributed by atoms with E-state index in [1.54, 1.807) is 12.3 Å². The van der Waals surface area contributed by atoms with Gasteiger partial charge in [-0.3, -0.25) is 4.79 Å². The molecular weight excluding hydrogens is 290 g/mol. The first-order valence-electron chi connectivity index (χ1n) is 6.20. The molecule has 21 heavy (non-hydrogen) atoms. The number of amides is 1. The highest BCUT2D eigenvalue weighted by atomic mass is 32.2. The number of aryl methyl sites for hydroxylation is 1. The van der Waals surface area contributed by atoms with Crippen molar-refractivity contribution in [3.8, 4) is 0 Å². The van der Waals surface area contributed by atoms with Crippen LogP contribution in [0, 0.1) is 6.92 Å². The fourth-order valence-electron chi connectivity index (χ4n) is 1.95. The van der Waals surface area contributed by atoms with Gasteiger partial charge in [-0.25, -0.2) is 4.79 Å². The molecule has 1 saturated heterocycles. The number of carbonyl (C=O) groups is 1. The smallest absolute Gasteiger partial charge is 0.336 e. The number of benzene rings is 1. The normalized spacial score (nSPS) is 17.0. The molecular formula is C14H11N3O3S. The molecule has 0 saturated carbocycles. The van der Waals surface area contributed by atoms with Crippen LogP contribution in [0.5, 0.6) is 0 Å². The number of carbonyl (C=O) groups excluding carboxylic acids is 1. The first-order valence-corrected chi connectivity index (χ1v) is 7.18. The predicted molar refractivity (Wildman–Crippen MR) is 82.9 cm³/mol. The Morgan fingerprint density at radius 1 is 1.33 bits per heavy atom. The molecule has 2 aromatic rings. The molecule has 0 unspecified atom stereocenters. The van der Waals surface area contributed by atoms with Crippen LogP contribution in [-0.2, 0) is 4.79 Å². The molecule has 0 aliphatic carbocycles. The van der Waals surface area contributed by atoms with E-state index in [4.69, 9.17) is 4.42 Å². The molecule has 1 amide bonds. The Morgan fingerprint density at radius 3 is 2.95 bits per heavy atom. The summed E-state index contributed by atoms with van der Waals surface area (Å²) < 4.78 is 5.16. The van der Waals surface area contributed by atoms with Crippen molar-refractivity contribution in [3.05, 3.63) is 45.8 Å². The van der Waals surface area contributed by atoms with Gasteiger partial charge in [0, 0.05) is 11.5 Å². The predicted octanol–water partition coefficient (Wildman–Crippen LogP) is 1.65. The zero-order valence-electron chi connectivity index (χ0n) is 11.1. The average molecular weight is 301 g/mol. The monoisotopic (exact) mass is 301 g/mol. The van der Waals surface area contributed by atoms with Gasteiger partial charge in [0.25, 0.3) is 0 Å². The minimum absolute atomic E-state index is 0.0723. The topological polar surface area (TPSA) is 84.0 Å². The van der Waals surface area contributed by atoms with Crippen LogP contribution < -0.4 is 10.9 Å². The van der Waals surface area contributed by atoms with E-state index in [0.717, 1.165) is 16.5 Å². The maximum atomic E-state index is 11.4. The fraction of sp³-hybridized carbons (Fsp3) is 0.143. The lowest BCUT2D eigenvalue weighted by Gasteiger charge is -2.00. The van der Waals surface area contributed by atoms with Gasteiger partial charge in [-0.05, 0) is 24.1 Å². The Balaban J connectivity index is 1.88. The maximum Gasteiger partial charge on any atom is 0.336 e. The molecule has 106 valence electrons. The standard InChI is InChI=1S/C14H11N3O3S/c1-8-4-13(19)20-11-5-9(2-3-10(8)11)6-15-17-14-16-12(18)7-21-14/h2-6H,7H2,1H3,(H,16,17,18). The molecule has 1 aliphatic heterocycles. The van der Waals surface area contributed by atoms with Crippen LogP contribution in [0.2, 0.25) is 0 Å². The first-order chi connectivity index (χ1) is 10.1. The molecule has 1 aromatic heterocycles. The number of thioether (sulfide) groups is 1. The molecule has 2 heterocycles. The van der Waals surface area contributed by atoms with Crippen molar-refractivity contribution in [1.29, 1.82) is 0 Å². The van der Waals surface area contributed by atoms with Crippen LogP contribution in [0.3, 0.4) is 0 Å². The van der Waals surface area contributed by atoms with Crippen LogP contribution in [0.1, 0.15) is 11.1 Å². The lowest BCUT2D eigenvalue weighted by Crippen LogP contribution is -2.19. The van der Waals surface area contributed by atoms with Gasteiger partial charge in [0.2, 0.25) is 5.91 Å². The molecule has 0 atom stereocenters. The van der Waals surface area contributed by atoms with Gasteiger partial charge >= 0.3 is 5.63 Å². The van der Waals surface area contributed by atoms with Crippen molar-refractivity contribution >= 4 is 40.0 Å². The van der Waals surface area contributed by atoms with Gasteiger partial charge in [-0.1, -0.05) is 23.9 Å². The molecule has 1 fully saturated rings. The summed E-state index contributed by atoms with van der Waals surface area (Å²) >= 11 is 1.31. The molecule has 1 aliphatic rings. The molecule has 3 rings (SSSR count). The second kappa shape index (κ2) is 5.53. The zero-order valence-corrected chi connectivity index (χ0v) is 11.9. The third-order valence-corrected chi connectivity index (χ3v) is 3.78. The summed E-state index contributed by atoms with van der Waals surface area (Å²) in [5.74, 6) is 0.297. The van der Waals surface area contributed by atoms with Crippen LogP contribution >= 0.6 is 11.8 Å². The Labute approximate surface area is 123 Å². The molecule has 1 N–H and O–H groups in total. The number of hydrogen-bond donors (Lipinski definition) is 1. The van der Waals surface area contributed by atoms with Crippen LogP contribution in [0.4, 0.5) is 0 Å². The summed E-state index contributed by atoms with van der Waals surface area (Å²) in [7, 11) is 0. The summed E-state index contributed by atoms with van der Waals surface area (Å²) in [6.45, 7) is 1.86. The number of fused-ring (bicyclic) bond motifs is 1. The third-order valence-electron chi connectivity index (χ3n) is 2.92. The van der Waals surface area contributed by atoms with E-state index in [-0.39, 0.29) is 11.5 Å². The largest absolute Gasteiger partial charge is 0.423 e. The highest BCUT2D eigenvalue weighted by Gasteiger charge is 2.15. The SMILES string of the molecule is Cc1cc(=O)oc2cc(C=NN=C3NC(=O)CS3)ccc12. The highest BCUT2D eigenvalue weighted by Crippen LogP contribution is 2.17. The van der Waals surface area contributed by atoms with E-state index < -0.39 is 0 Å². The number of amidine groups is 1. The van der Waals surface area contributed by atoms with E-state index in [2.05, 4.69) is 15.5 Å². The van der Waals surface area contributed by atoms with E-state index >= 15 is 0 Å². The first kappa shape index (κ1) is 13.6. The second-order valence-corrected chi connectivity index (χ2v) is 5.45. The van der Waals surface area contributed by atoms with Gasteiger partial charge in [0.05, 0.1) is 12.0 Å². The van der Waals surface area contributed by atoms with Gasteiger partial charge in [0.1, 0.15) is 5.58 Å². The maximum absolute atomic E-state index is 11.4. The number of nitrogens with zero attached hydrogens (tertiary/aromatic N) is 2. The number of hydrogen-bond acceptors (Lipinski definition) is 6. The summed E-state index contributed by atoms with van der Waals surface area (Å²) in [6, 6.07) is 6.92. The van der Waals surface area contributed by atoms with Crippen LogP contribution in [0.15, 0.2) is 43.7 Å². The van der Waals surface area contributed by atoms with Crippen molar-refractivity contribution in [2.75, 3.05) is 5.75 Å². The summed E-state index contributed by atoms with van der Waals surface area (Å²) in [4.78, 5) is 22.4. The van der Waals surface area contributed by atoms with Crippen molar-refractivity contribution in [2.45, 2.75) is 6.92 Å². The van der Waals surface area contributed by atoms with Gasteiger partial charge in [-0.15, -0.1) is 5.10 Å². The average Bonchev–Trinajstić information content (AvgIpc) is 2.84. The third kappa shape index (κ3) is 3.03. The second-order valence-electron chi connectivity index (χ2n) is 4.49. The molecule has 7 heteroatoms. The van der Waals surface area contributed by atoms with Crippen LogP contribution in [-0.4, -0.2) is 23.0 Å². The fourth-order valence-corrected chi connectivity index (χ4v) is 2.58. The van der Waals surface area contributed by atoms with Crippen molar-refractivity contribution in [3.63, 3.8) is 0 Å². The Bertz CT molecular complexity index is 839. The summed E-state index contributed by atoms with van der Waals surface area (Å²) in [5.41, 5.74) is 1.77. The minimum atomic E-state index is -0.376. The van der Waals surface area contributed by atoms with E-state index in [1.165, 1.54) is 17.8 Å². The zero-order chi connectivity index (χ0) is 14.8. The highest BCUT2D eigenvalue weighted by molar-refractivity contribution is 8.15. The Hall–Kier alpha value is -2.41. The Morgan fingerprint density at radius 2 is 2.19 bits per heavy atom. The molecule has 0 spiro atoms. The summed E-state index contributed by atoms with van der Waals surface area (Å²) in [5, 5.41) is 11.8. The quantitative estimate of drug-likeness (QED) is 0.519. The van der Waals surface area contributed by atoms with Crippen LogP contribution in [0.25, 0.3) is 11.0 Å². The molecule has 0 bridgehead atoms. The lowest BCUT2D eigenvalue weighted by molar-refractivity contribution is -0.116. The van der Waals surface area contributed by atoms with E-state index in [0.29, 0.717) is 16.5 Å². The van der Waals surface area contributed by atoms with Crippen molar-refractivity contribution in [2.24, 2.45) is 10.2 Å². The molecule has 0 radical (unpaired) electrons. The van der Waals surface area contributed by atoms with E-state index in [9.17, 15) is 9.59 Å². The van der Waals surface area contributed by atoms with Gasteiger partial charge < -0.3 is 9.73 Å². The number of rotatable bonds is 2. The van der Waals surface area contributed by atoms with Gasteiger partial charge in [-0.2, -0.15) is 5.10 Å². The summed E-state index contributed by atoms with van der Waals surface area (Å²) in [6.07, 6.45) is 1.54. The molecule has 1 aromatic carbocycles. The van der Waals surface area contributed by atoms with E-state index in [1.807, 2.05) is 19.1 Å². The minimum Gasteiger partial charge on any atom is -0.423 e. The Kier molecular flexibility index (Phi) is 3.57. The van der Waals surface area contributed by atoms with Crippen molar-refractivity contribution in [1.82, 2.24) is 5.32 Å². The van der Waals surface area contributed by atoms with Crippen molar-refractivity contribution < 1.29 is 9.21 Å².